The lowest BCUT2D eigenvalue weighted by Gasteiger charge is -2.32. The minimum absolute atomic E-state index is 0.281. The van der Waals surface area contributed by atoms with Gasteiger partial charge in [0.1, 0.15) is 5.75 Å². The van der Waals surface area contributed by atoms with Gasteiger partial charge in [0.15, 0.2) is 0 Å². The summed E-state index contributed by atoms with van der Waals surface area (Å²) in [5.41, 5.74) is 1.11. The Morgan fingerprint density at radius 3 is 2.89 bits per heavy atom. The van der Waals surface area contributed by atoms with Gasteiger partial charge in [-0.25, -0.2) is 0 Å². The first-order chi connectivity index (χ1) is 8.37. The summed E-state index contributed by atoms with van der Waals surface area (Å²) in [5.74, 6) is -0.742. The smallest absolute Gasteiger partial charge is 0.265 e. The Balaban J connectivity index is 2.26. The topological polar surface area (TPSA) is 78.7 Å². The monoisotopic (exact) mass is 251 g/mol. The van der Waals surface area contributed by atoms with Crippen LogP contribution in [0, 0.1) is 10.1 Å². The highest BCUT2D eigenvalue weighted by Gasteiger charge is 2.28. The lowest BCUT2D eigenvalue weighted by Crippen LogP contribution is -2.35. The zero-order valence-electron chi connectivity index (χ0n) is 10.1. The van der Waals surface area contributed by atoms with Gasteiger partial charge in [-0.15, -0.1) is 0 Å². The van der Waals surface area contributed by atoms with Crippen molar-refractivity contribution < 1.29 is 19.2 Å². The maximum absolute atomic E-state index is 11.6. The molecule has 2 rings (SSSR count). The fourth-order valence-electron chi connectivity index (χ4n) is 1.70. The molecule has 0 N–H and O–H groups in total. The summed E-state index contributed by atoms with van der Waals surface area (Å²) < 4.78 is 11.0. The summed E-state index contributed by atoms with van der Waals surface area (Å²) >= 11 is 0. The Bertz CT molecular complexity index is 509. The molecule has 1 aromatic carbocycles. The lowest BCUT2D eigenvalue weighted by molar-refractivity contribution is -0.465. The Kier molecular flexibility index (Phi) is 3.04. The highest BCUT2D eigenvalue weighted by atomic mass is 16.7. The first kappa shape index (κ1) is 12.5. The summed E-state index contributed by atoms with van der Waals surface area (Å²) in [4.78, 5) is 21.2. The molecule has 1 aliphatic heterocycles. The van der Waals surface area contributed by atoms with Gasteiger partial charge in [-0.2, -0.15) is 0 Å². The minimum Gasteiger partial charge on any atom is -0.463 e. The maximum atomic E-state index is 11.6. The predicted molar refractivity (Wildman–Crippen MR) is 62.1 cm³/mol. The third-order valence-corrected chi connectivity index (χ3v) is 2.59. The third-order valence-electron chi connectivity index (χ3n) is 2.59. The van der Waals surface area contributed by atoms with Gasteiger partial charge in [0, 0.05) is 29.9 Å². The molecule has 0 spiro atoms. The van der Waals surface area contributed by atoms with Gasteiger partial charge in [0.05, 0.1) is 6.61 Å². The number of carbonyl (C=O) groups excluding carboxylic acids is 1. The van der Waals surface area contributed by atoms with Gasteiger partial charge in [0.2, 0.25) is 11.6 Å². The Morgan fingerprint density at radius 2 is 2.22 bits per heavy atom. The number of rotatable bonds is 3. The molecule has 96 valence electrons. The van der Waals surface area contributed by atoms with Crippen LogP contribution >= 0.6 is 0 Å². The van der Waals surface area contributed by atoms with Gasteiger partial charge < -0.3 is 9.47 Å². The molecule has 0 aromatic heterocycles. The SMILES string of the molecule is CC1(C)OCc2ccc(C(=O)C[N+](=O)[O-])cc2O1. The second-order valence-corrected chi connectivity index (χ2v) is 4.53. The van der Waals surface area contributed by atoms with E-state index in [1.165, 1.54) is 6.07 Å². The van der Waals surface area contributed by atoms with E-state index in [0.29, 0.717) is 12.4 Å². The van der Waals surface area contributed by atoms with Crippen LogP contribution < -0.4 is 4.74 Å². The van der Waals surface area contributed by atoms with Crippen molar-refractivity contribution in [1.29, 1.82) is 0 Å². The molecule has 0 aliphatic carbocycles. The molecule has 0 amide bonds. The fourth-order valence-corrected chi connectivity index (χ4v) is 1.70. The molecule has 0 saturated carbocycles. The Labute approximate surface area is 104 Å². The zero-order valence-corrected chi connectivity index (χ0v) is 10.1. The fraction of sp³-hybridized carbons (Fsp3) is 0.417. The number of ketones is 1. The second kappa shape index (κ2) is 4.38. The van der Waals surface area contributed by atoms with E-state index in [-0.39, 0.29) is 5.56 Å². The number of benzene rings is 1. The number of ether oxygens (including phenoxy) is 2. The summed E-state index contributed by atoms with van der Waals surface area (Å²) in [6.45, 7) is 3.22. The standard InChI is InChI=1S/C12H13NO5/c1-12(2)17-7-9-4-3-8(5-11(9)18-12)10(14)6-13(15)16/h3-5H,6-7H2,1-2H3. The lowest BCUT2D eigenvalue weighted by atomic mass is 10.1. The van der Waals surface area contributed by atoms with E-state index in [1.54, 1.807) is 26.0 Å². The quantitative estimate of drug-likeness (QED) is 0.465. The highest BCUT2D eigenvalue weighted by Crippen LogP contribution is 2.31. The van der Waals surface area contributed by atoms with Crippen LogP contribution in [0.5, 0.6) is 5.75 Å². The number of hydrogen-bond acceptors (Lipinski definition) is 5. The molecule has 0 atom stereocenters. The van der Waals surface area contributed by atoms with E-state index in [4.69, 9.17) is 9.47 Å². The van der Waals surface area contributed by atoms with E-state index in [9.17, 15) is 14.9 Å². The first-order valence-corrected chi connectivity index (χ1v) is 5.48. The molecule has 6 nitrogen and oxygen atoms in total. The average Bonchev–Trinajstić information content (AvgIpc) is 2.25. The molecule has 1 aliphatic rings. The molecule has 0 bridgehead atoms. The summed E-state index contributed by atoms with van der Waals surface area (Å²) in [5, 5.41) is 10.3. The van der Waals surface area contributed by atoms with Crippen molar-refractivity contribution in [3.05, 3.63) is 39.4 Å². The number of nitrogens with zero attached hydrogens (tertiary/aromatic N) is 1. The van der Waals surface area contributed by atoms with Crippen molar-refractivity contribution >= 4 is 5.78 Å². The number of carbonyl (C=O) groups is 1. The molecule has 0 fully saturated rings. The Morgan fingerprint density at radius 1 is 1.50 bits per heavy atom. The van der Waals surface area contributed by atoms with E-state index < -0.39 is 23.0 Å². The van der Waals surface area contributed by atoms with Crippen molar-refractivity contribution in [2.45, 2.75) is 26.2 Å². The van der Waals surface area contributed by atoms with E-state index >= 15 is 0 Å². The minimum atomic E-state index is -0.752. The summed E-state index contributed by atoms with van der Waals surface area (Å²) in [6, 6.07) is 4.78. The van der Waals surface area contributed by atoms with Crippen LogP contribution in [0.15, 0.2) is 18.2 Å². The van der Waals surface area contributed by atoms with Gasteiger partial charge >= 0.3 is 0 Å². The largest absolute Gasteiger partial charge is 0.463 e. The molecule has 1 heterocycles. The molecule has 6 heteroatoms. The van der Waals surface area contributed by atoms with Crippen LogP contribution in [0.25, 0.3) is 0 Å². The number of fused-ring (bicyclic) bond motifs is 1. The van der Waals surface area contributed by atoms with Crippen LogP contribution in [-0.2, 0) is 11.3 Å². The Hall–Kier alpha value is -1.95. The van der Waals surface area contributed by atoms with Gasteiger partial charge in [0.25, 0.3) is 6.54 Å². The van der Waals surface area contributed by atoms with E-state index in [1.807, 2.05) is 0 Å². The molecule has 0 saturated heterocycles. The van der Waals surface area contributed by atoms with Crippen molar-refractivity contribution in [1.82, 2.24) is 0 Å². The molecular weight excluding hydrogens is 238 g/mol. The van der Waals surface area contributed by atoms with Crippen LogP contribution in [0.3, 0.4) is 0 Å². The normalized spacial score (nSPS) is 16.6. The summed E-state index contributed by atoms with van der Waals surface area (Å²) in [7, 11) is 0. The van der Waals surface area contributed by atoms with Crippen LogP contribution in [0.1, 0.15) is 29.8 Å². The van der Waals surface area contributed by atoms with Gasteiger partial charge in [-0.3, -0.25) is 14.9 Å². The molecule has 0 radical (unpaired) electrons. The molecule has 1 aromatic rings. The highest BCUT2D eigenvalue weighted by molar-refractivity contribution is 5.97. The van der Waals surface area contributed by atoms with Gasteiger partial charge in [-0.05, 0) is 6.07 Å². The van der Waals surface area contributed by atoms with E-state index in [2.05, 4.69) is 0 Å². The molecule has 18 heavy (non-hydrogen) atoms. The average molecular weight is 251 g/mol. The first-order valence-electron chi connectivity index (χ1n) is 5.48. The van der Waals surface area contributed by atoms with Crippen molar-refractivity contribution in [3.8, 4) is 5.75 Å². The van der Waals surface area contributed by atoms with Gasteiger partial charge in [-0.1, -0.05) is 12.1 Å². The maximum Gasteiger partial charge on any atom is 0.265 e. The van der Waals surface area contributed by atoms with E-state index in [0.717, 1.165) is 5.56 Å². The summed E-state index contributed by atoms with van der Waals surface area (Å²) in [6.07, 6.45) is 0. The number of nitro groups is 1. The molecule has 0 unspecified atom stereocenters. The van der Waals surface area contributed by atoms with Crippen LogP contribution in [0.4, 0.5) is 0 Å². The van der Waals surface area contributed by atoms with Crippen molar-refractivity contribution in [3.63, 3.8) is 0 Å². The predicted octanol–water partition coefficient (Wildman–Crippen LogP) is 1.79. The zero-order chi connectivity index (χ0) is 13.3. The van der Waals surface area contributed by atoms with Crippen LogP contribution in [-0.4, -0.2) is 23.0 Å². The number of hydrogen-bond donors (Lipinski definition) is 0. The third kappa shape index (κ3) is 2.65. The number of Topliss-reactive ketones (excluding diaryl/α,β-unsaturated/α-hetero) is 1. The van der Waals surface area contributed by atoms with Crippen LogP contribution in [0.2, 0.25) is 0 Å². The van der Waals surface area contributed by atoms with Crippen molar-refractivity contribution in [2.24, 2.45) is 0 Å². The van der Waals surface area contributed by atoms with Crippen molar-refractivity contribution in [2.75, 3.05) is 6.54 Å². The second-order valence-electron chi connectivity index (χ2n) is 4.53. The molecular formula is C12H13NO5.